The number of aromatic nitrogens is 4. The molecule has 1 aliphatic heterocycles. The Labute approximate surface area is 176 Å². The molecule has 0 radical (unpaired) electrons. The summed E-state index contributed by atoms with van der Waals surface area (Å²) in [5, 5.41) is 7.20. The molecule has 2 aromatic carbocycles. The van der Waals surface area contributed by atoms with Crippen molar-refractivity contribution in [2.24, 2.45) is 0 Å². The van der Waals surface area contributed by atoms with Crippen molar-refractivity contribution >= 4 is 16.6 Å². The van der Waals surface area contributed by atoms with Gasteiger partial charge in [-0.05, 0) is 36.2 Å². The van der Waals surface area contributed by atoms with Crippen molar-refractivity contribution in [2.45, 2.75) is 20.4 Å². The van der Waals surface area contributed by atoms with Gasteiger partial charge >= 0.3 is 0 Å². The Kier molecular flexibility index (Phi) is 4.93. The molecule has 1 aliphatic rings. The number of hydrogen-bond donors (Lipinski definition) is 0. The Bertz CT molecular complexity index is 1170. The van der Waals surface area contributed by atoms with Crippen LogP contribution in [0.1, 0.15) is 17.0 Å². The van der Waals surface area contributed by atoms with Gasteiger partial charge in [-0.1, -0.05) is 42.5 Å². The second-order valence-electron chi connectivity index (χ2n) is 7.98. The molecule has 1 saturated heterocycles. The summed E-state index contributed by atoms with van der Waals surface area (Å²) in [4.78, 5) is 14.1. The van der Waals surface area contributed by atoms with E-state index in [2.05, 4.69) is 68.4 Å². The average Bonchev–Trinajstić information content (AvgIpc) is 3.12. The van der Waals surface area contributed by atoms with Gasteiger partial charge in [0.05, 0.1) is 18.1 Å². The summed E-state index contributed by atoms with van der Waals surface area (Å²) in [6.45, 7) is 8.92. The molecule has 0 spiro atoms. The van der Waals surface area contributed by atoms with Crippen molar-refractivity contribution in [1.82, 2.24) is 24.6 Å². The number of aryl methyl sites for hydroxylation is 2. The van der Waals surface area contributed by atoms with Crippen molar-refractivity contribution in [3.63, 3.8) is 0 Å². The molecule has 0 aliphatic carbocycles. The molecule has 5 rings (SSSR count). The summed E-state index contributed by atoms with van der Waals surface area (Å²) < 4.78 is 1.86. The summed E-state index contributed by atoms with van der Waals surface area (Å²) in [6.07, 6.45) is 3.63. The van der Waals surface area contributed by atoms with E-state index in [1.54, 1.807) is 6.20 Å². The highest BCUT2D eigenvalue weighted by molar-refractivity contribution is 5.85. The smallest absolute Gasteiger partial charge is 0.174 e. The standard InChI is InChI=1S/C24H26N6/c1-18-14-19(2)30(27-18)24-16-25-15-23(26-24)29-12-10-28(11-13-29)17-21-8-5-7-20-6-3-4-9-22(20)21/h3-9,14-16H,10-13,17H2,1-2H3. The monoisotopic (exact) mass is 398 g/mol. The largest absolute Gasteiger partial charge is 0.353 e. The van der Waals surface area contributed by atoms with Gasteiger partial charge < -0.3 is 4.90 Å². The first kappa shape index (κ1) is 18.8. The van der Waals surface area contributed by atoms with E-state index in [0.29, 0.717) is 0 Å². The first-order valence-corrected chi connectivity index (χ1v) is 10.5. The molecule has 30 heavy (non-hydrogen) atoms. The van der Waals surface area contributed by atoms with Gasteiger partial charge in [0.1, 0.15) is 5.82 Å². The first-order chi connectivity index (χ1) is 14.7. The molecule has 1 fully saturated rings. The van der Waals surface area contributed by atoms with Crippen LogP contribution in [0.25, 0.3) is 16.6 Å². The minimum absolute atomic E-state index is 0.774. The fraction of sp³-hybridized carbons (Fsp3) is 0.292. The number of benzene rings is 2. The molecule has 0 unspecified atom stereocenters. The predicted octanol–water partition coefficient (Wildman–Crippen LogP) is 3.75. The maximum atomic E-state index is 4.84. The molecule has 3 heterocycles. The number of hydrogen-bond acceptors (Lipinski definition) is 5. The zero-order chi connectivity index (χ0) is 20.5. The lowest BCUT2D eigenvalue weighted by atomic mass is 10.0. The highest BCUT2D eigenvalue weighted by atomic mass is 15.3. The normalized spacial score (nSPS) is 15.1. The Morgan fingerprint density at radius 1 is 0.867 bits per heavy atom. The van der Waals surface area contributed by atoms with Gasteiger partial charge in [0, 0.05) is 38.4 Å². The van der Waals surface area contributed by atoms with Crippen LogP contribution in [0, 0.1) is 13.8 Å². The molecule has 6 nitrogen and oxygen atoms in total. The van der Waals surface area contributed by atoms with E-state index in [-0.39, 0.29) is 0 Å². The van der Waals surface area contributed by atoms with E-state index in [1.165, 1.54) is 16.3 Å². The molecular weight excluding hydrogens is 372 g/mol. The van der Waals surface area contributed by atoms with Gasteiger partial charge in [0.2, 0.25) is 0 Å². The zero-order valence-electron chi connectivity index (χ0n) is 17.5. The molecule has 6 heteroatoms. The van der Waals surface area contributed by atoms with E-state index in [4.69, 9.17) is 4.98 Å². The third-order valence-electron chi connectivity index (χ3n) is 5.81. The third kappa shape index (κ3) is 3.66. The topological polar surface area (TPSA) is 50.1 Å². The fourth-order valence-electron chi connectivity index (χ4n) is 4.27. The van der Waals surface area contributed by atoms with Gasteiger partial charge in [-0.2, -0.15) is 5.10 Å². The molecule has 2 aromatic heterocycles. The highest BCUT2D eigenvalue weighted by Crippen LogP contribution is 2.22. The second-order valence-corrected chi connectivity index (χ2v) is 7.98. The molecular formula is C24H26N6. The van der Waals surface area contributed by atoms with Crippen LogP contribution in [0.15, 0.2) is 60.9 Å². The Morgan fingerprint density at radius 2 is 1.63 bits per heavy atom. The maximum Gasteiger partial charge on any atom is 0.174 e. The van der Waals surface area contributed by atoms with Crippen molar-refractivity contribution in [1.29, 1.82) is 0 Å². The summed E-state index contributed by atoms with van der Waals surface area (Å²) >= 11 is 0. The molecule has 0 N–H and O–H groups in total. The number of rotatable bonds is 4. The summed E-state index contributed by atoms with van der Waals surface area (Å²) in [6, 6.07) is 17.3. The first-order valence-electron chi connectivity index (χ1n) is 10.5. The summed E-state index contributed by atoms with van der Waals surface area (Å²) in [7, 11) is 0. The number of fused-ring (bicyclic) bond motifs is 1. The van der Waals surface area contributed by atoms with Gasteiger partial charge in [-0.3, -0.25) is 9.88 Å². The lowest BCUT2D eigenvalue weighted by molar-refractivity contribution is 0.250. The van der Waals surface area contributed by atoms with E-state index in [9.17, 15) is 0 Å². The van der Waals surface area contributed by atoms with E-state index >= 15 is 0 Å². The van der Waals surface area contributed by atoms with Gasteiger partial charge in [-0.15, -0.1) is 0 Å². The van der Waals surface area contributed by atoms with Crippen LogP contribution in [-0.2, 0) is 6.54 Å². The van der Waals surface area contributed by atoms with Crippen LogP contribution >= 0.6 is 0 Å². The summed E-state index contributed by atoms with van der Waals surface area (Å²) in [5.74, 6) is 1.70. The van der Waals surface area contributed by atoms with Crippen molar-refractivity contribution in [3.8, 4) is 5.82 Å². The van der Waals surface area contributed by atoms with Gasteiger partial charge in [0.25, 0.3) is 0 Å². The minimum Gasteiger partial charge on any atom is -0.353 e. The van der Waals surface area contributed by atoms with Crippen molar-refractivity contribution < 1.29 is 0 Å². The number of nitrogens with zero attached hydrogens (tertiary/aromatic N) is 6. The quantitative estimate of drug-likeness (QED) is 0.524. The van der Waals surface area contributed by atoms with Crippen LogP contribution in [0.4, 0.5) is 5.82 Å². The predicted molar refractivity (Wildman–Crippen MR) is 120 cm³/mol. The molecule has 152 valence electrons. The lowest BCUT2D eigenvalue weighted by Gasteiger charge is -2.35. The fourth-order valence-corrected chi connectivity index (χ4v) is 4.27. The van der Waals surface area contributed by atoms with Crippen molar-refractivity contribution in [3.05, 3.63) is 77.9 Å². The van der Waals surface area contributed by atoms with Crippen LogP contribution in [0.5, 0.6) is 0 Å². The number of anilines is 1. The van der Waals surface area contributed by atoms with Gasteiger partial charge in [-0.25, -0.2) is 9.67 Å². The van der Waals surface area contributed by atoms with E-state index in [1.807, 2.05) is 24.7 Å². The molecule has 0 saturated carbocycles. The Morgan fingerprint density at radius 3 is 2.43 bits per heavy atom. The van der Waals surface area contributed by atoms with Crippen LogP contribution < -0.4 is 4.90 Å². The number of piperazine rings is 1. The molecule has 4 aromatic rings. The van der Waals surface area contributed by atoms with Gasteiger partial charge in [0.15, 0.2) is 5.82 Å². The molecule has 0 amide bonds. The van der Waals surface area contributed by atoms with Crippen LogP contribution in [0.3, 0.4) is 0 Å². The highest BCUT2D eigenvalue weighted by Gasteiger charge is 2.19. The Balaban J connectivity index is 1.28. The second kappa shape index (κ2) is 7.88. The molecule has 0 bridgehead atoms. The van der Waals surface area contributed by atoms with E-state index < -0.39 is 0 Å². The van der Waals surface area contributed by atoms with E-state index in [0.717, 1.165) is 55.7 Å². The summed E-state index contributed by atoms with van der Waals surface area (Å²) in [5.41, 5.74) is 3.45. The van der Waals surface area contributed by atoms with Crippen LogP contribution in [-0.4, -0.2) is 50.8 Å². The minimum atomic E-state index is 0.774. The Hall–Kier alpha value is -3.25. The maximum absolute atomic E-state index is 4.84. The SMILES string of the molecule is Cc1cc(C)n(-c2cncc(N3CCN(Cc4cccc5ccccc45)CC3)n2)n1. The van der Waals surface area contributed by atoms with Crippen LogP contribution in [0.2, 0.25) is 0 Å². The lowest BCUT2D eigenvalue weighted by Crippen LogP contribution is -2.46. The van der Waals surface area contributed by atoms with Crippen molar-refractivity contribution in [2.75, 3.05) is 31.1 Å². The average molecular weight is 399 g/mol. The zero-order valence-corrected chi connectivity index (χ0v) is 17.5. The molecule has 0 atom stereocenters. The third-order valence-corrected chi connectivity index (χ3v) is 5.81.